The molecule has 0 saturated carbocycles. The highest BCUT2D eigenvalue weighted by molar-refractivity contribution is 5.95. The number of aryl methyl sites for hydroxylation is 1. The van der Waals surface area contributed by atoms with Gasteiger partial charge in [0.05, 0.1) is 35.4 Å². The number of hydrogen-bond donors (Lipinski definition) is 0. The van der Waals surface area contributed by atoms with Gasteiger partial charge in [-0.05, 0) is 44.2 Å². The van der Waals surface area contributed by atoms with Crippen LogP contribution in [0.25, 0.3) is 33.2 Å². The molecule has 2 aromatic carbocycles. The van der Waals surface area contributed by atoms with Crippen molar-refractivity contribution >= 4 is 33.7 Å². The molecule has 7 heteroatoms. The Morgan fingerprint density at radius 3 is 2.62 bits per heavy atom. The maximum Gasteiger partial charge on any atom is 0.337 e. The Morgan fingerprint density at radius 1 is 1.10 bits per heavy atom. The normalized spacial score (nSPS) is 11.4. The van der Waals surface area contributed by atoms with E-state index < -0.39 is 5.97 Å². The zero-order valence-corrected chi connectivity index (χ0v) is 17.2. The number of aromatic nitrogens is 4. The van der Waals surface area contributed by atoms with Crippen LogP contribution in [-0.2, 0) is 11.8 Å². The van der Waals surface area contributed by atoms with Gasteiger partial charge in [-0.1, -0.05) is 6.07 Å². The van der Waals surface area contributed by atoms with Crippen LogP contribution in [0.5, 0.6) is 0 Å². The zero-order valence-electron chi connectivity index (χ0n) is 17.2. The summed E-state index contributed by atoms with van der Waals surface area (Å²) in [4.78, 5) is 23.8. The molecule has 4 aromatic rings. The summed E-state index contributed by atoms with van der Waals surface area (Å²) >= 11 is 0. The van der Waals surface area contributed by atoms with Gasteiger partial charge in [0.2, 0.25) is 0 Å². The number of benzene rings is 2. The van der Waals surface area contributed by atoms with Crippen LogP contribution in [0.1, 0.15) is 24.2 Å². The molecule has 0 aliphatic heterocycles. The van der Waals surface area contributed by atoms with Gasteiger partial charge in [0.25, 0.3) is 0 Å². The van der Waals surface area contributed by atoms with Gasteiger partial charge in [-0.3, -0.25) is 4.68 Å². The minimum atomic E-state index is -0.390. The van der Waals surface area contributed by atoms with Gasteiger partial charge in [-0.15, -0.1) is 0 Å². The third-order valence-corrected chi connectivity index (χ3v) is 5.20. The van der Waals surface area contributed by atoms with E-state index in [9.17, 15) is 4.79 Å². The van der Waals surface area contributed by atoms with Crippen LogP contribution < -0.4 is 4.90 Å². The third-order valence-electron chi connectivity index (χ3n) is 5.20. The summed E-state index contributed by atoms with van der Waals surface area (Å²) < 4.78 is 6.68. The van der Waals surface area contributed by atoms with Crippen molar-refractivity contribution in [2.75, 3.05) is 19.1 Å². The van der Waals surface area contributed by atoms with Crippen molar-refractivity contribution < 1.29 is 9.53 Å². The maximum absolute atomic E-state index is 11.9. The summed E-state index contributed by atoms with van der Waals surface area (Å²) in [5, 5.41) is 5.37. The van der Waals surface area contributed by atoms with Gasteiger partial charge in [0.15, 0.2) is 5.82 Å². The van der Waals surface area contributed by atoms with Gasteiger partial charge < -0.3 is 9.64 Å². The van der Waals surface area contributed by atoms with E-state index >= 15 is 0 Å². The van der Waals surface area contributed by atoms with Crippen LogP contribution >= 0.6 is 0 Å². The molecule has 0 N–H and O–H groups in total. The lowest BCUT2D eigenvalue weighted by Crippen LogP contribution is -2.27. The molecular weight excluding hydrogens is 366 g/mol. The number of ether oxygens (including phenoxy) is 1. The molecule has 0 bridgehead atoms. The monoisotopic (exact) mass is 389 g/mol. The van der Waals surface area contributed by atoms with Crippen molar-refractivity contribution in [2.45, 2.75) is 19.9 Å². The van der Waals surface area contributed by atoms with Gasteiger partial charge in [-0.25, -0.2) is 14.8 Å². The molecule has 2 aromatic heterocycles. The molecule has 0 aliphatic rings. The third kappa shape index (κ3) is 3.29. The van der Waals surface area contributed by atoms with E-state index in [4.69, 9.17) is 14.7 Å². The maximum atomic E-state index is 11.9. The topological polar surface area (TPSA) is 73.1 Å². The van der Waals surface area contributed by atoms with E-state index in [2.05, 4.69) is 29.9 Å². The van der Waals surface area contributed by atoms with Crippen LogP contribution in [0.15, 0.2) is 42.6 Å². The fourth-order valence-corrected chi connectivity index (χ4v) is 3.28. The van der Waals surface area contributed by atoms with Crippen molar-refractivity contribution in [1.82, 2.24) is 19.7 Å². The minimum absolute atomic E-state index is 0.228. The van der Waals surface area contributed by atoms with Gasteiger partial charge in [0.1, 0.15) is 5.69 Å². The average molecular weight is 389 g/mol. The largest absolute Gasteiger partial charge is 0.465 e. The molecule has 29 heavy (non-hydrogen) atoms. The summed E-state index contributed by atoms with van der Waals surface area (Å²) in [6, 6.07) is 11.6. The Morgan fingerprint density at radius 2 is 1.90 bits per heavy atom. The van der Waals surface area contributed by atoms with Crippen LogP contribution in [0, 0.1) is 0 Å². The summed E-state index contributed by atoms with van der Waals surface area (Å²) in [6.07, 6.45) is 1.85. The fourth-order valence-electron chi connectivity index (χ4n) is 3.28. The highest BCUT2D eigenvalue weighted by Gasteiger charge is 2.18. The second kappa shape index (κ2) is 7.16. The van der Waals surface area contributed by atoms with Gasteiger partial charge >= 0.3 is 5.97 Å². The highest BCUT2D eigenvalue weighted by Crippen LogP contribution is 2.32. The van der Waals surface area contributed by atoms with E-state index in [-0.39, 0.29) is 6.04 Å². The number of hydrogen-bond acceptors (Lipinski definition) is 6. The van der Waals surface area contributed by atoms with Crippen LogP contribution in [0.4, 0.5) is 5.82 Å². The Labute approximate surface area is 168 Å². The van der Waals surface area contributed by atoms with Crippen LogP contribution in [-0.4, -0.2) is 45.9 Å². The van der Waals surface area contributed by atoms with E-state index in [1.54, 1.807) is 18.2 Å². The molecule has 0 spiro atoms. The Kier molecular flexibility index (Phi) is 4.66. The predicted molar refractivity (Wildman–Crippen MR) is 114 cm³/mol. The number of esters is 1. The molecule has 0 amide bonds. The van der Waals surface area contributed by atoms with Gasteiger partial charge in [0, 0.05) is 31.1 Å². The number of rotatable bonds is 4. The van der Waals surface area contributed by atoms with Crippen molar-refractivity contribution in [3.63, 3.8) is 0 Å². The molecule has 0 unspecified atom stereocenters. The number of fused-ring (bicyclic) bond motifs is 2. The van der Waals surface area contributed by atoms with Crippen molar-refractivity contribution in [2.24, 2.45) is 7.05 Å². The molecule has 0 fully saturated rings. The standard InChI is InChI=1S/C22H23N5O2/c1-13(2)26(3)21-20(14-7-9-19-16(10-14)12-23-27(19)4)24-17-8-6-15(22(28)29-5)11-18(17)25-21/h6-13H,1-5H3. The molecular formula is C22H23N5O2. The van der Waals surface area contributed by atoms with Crippen molar-refractivity contribution in [1.29, 1.82) is 0 Å². The second-order valence-corrected chi connectivity index (χ2v) is 7.34. The smallest absolute Gasteiger partial charge is 0.337 e. The SMILES string of the molecule is COC(=O)c1ccc2nc(-c3ccc4c(cnn4C)c3)c(N(C)C(C)C)nc2c1. The van der Waals surface area contributed by atoms with E-state index in [1.165, 1.54) is 7.11 Å². The highest BCUT2D eigenvalue weighted by atomic mass is 16.5. The van der Waals surface area contributed by atoms with Crippen molar-refractivity contribution in [3.8, 4) is 11.3 Å². The molecule has 0 saturated heterocycles. The molecule has 0 atom stereocenters. The molecule has 148 valence electrons. The lowest BCUT2D eigenvalue weighted by Gasteiger charge is -2.25. The quantitative estimate of drug-likeness (QED) is 0.494. The lowest BCUT2D eigenvalue weighted by molar-refractivity contribution is 0.0601. The average Bonchev–Trinajstić information content (AvgIpc) is 3.11. The summed E-state index contributed by atoms with van der Waals surface area (Å²) in [6.45, 7) is 4.20. The second-order valence-electron chi connectivity index (χ2n) is 7.34. The van der Waals surface area contributed by atoms with E-state index in [1.807, 2.05) is 37.1 Å². The number of methoxy groups -OCH3 is 1. The van der Waals surface area contributed by atoms with Crippen LogP contribution in [0.2, 0.25) is 0 Å². The number of carbonyl (C=O) groups is 1. The molecule has 0 aliphatic carbocycles. The Hall–Kier alpha value is -3.48. The first kappa shape index (κ1) is 18.9. The fraction of sp³-hybridized carbons (Fsp3) is 0.273. The van der Waals surface area contributed by atoms with E-state index in [0.29, 0.717) is 11.1 Å². The Balaban J connectivity index is 1.94. The first-order valence-corrected chi connectivity index (χ1v) is 9.44. The predicted octanol–water partition coefficient (Wildman–Crippen LogP) is 3.81. The van der Waals surface area contributed by atoms with Crippen molar-refractivity contribution in [3.05, 3.63) is 48.2 Å². The Bertz CT molecular complexity index is 1230. The van der Waals surface area contributed by atoms with Crippen LogP contribution in [0.3, 0.4) is 0 Å². The molecule has 4 rings (SSSR count). The molecule has 2 heterocycles. The number of carbonyl (C=O) groups excluding carboxylic acids is 1. The molecule has 0 radical (unpaired) electrons. The molecule has 7 nitrogen and oxygen atoms in total. The van der Waals surface area contributed by atoms with E-state index in [0.717, 1.165) is 33.5 Å². The lowest BCUT2D eigenvalue weighted by atomic mass is 10.1. The van der Waals surface area contributed by atoms with Gasteiger partial charge in [-0.2, -0.15) is 5.10 Å². The summed E-state index contributed by atoms with van der Waals surface area (Å²) in [5.41, 5.74) is 4.66. The summed E-state index contributed by atoms with van der Waals surface area (Å²) in [5.74, 6) is 0.372. The first-order chi connectivity index (χ1) is 13.9. The number of anilines is 1. The minimum Gasteiger partial charge on any atom is -0.465 e. The zero-order chi connectivity index (χ0) is 20.7. The number of nitrogens with zero attached hydrogens (tertiary/aromatic N) is 5. The first-order valence-electron chi connectivity index (χ1n) is 9.44. The summed E-state index contributed by atoms with van der Waals surface area (Å²) in [7, 11) is 5.29.